The maximum atomic E-state index is 5.70. The predicted octanol–water partition coefficient (Wildman–Crippen LogP) is 3.32. The second-order valence-corrected chi connectivity index (χ2v) is 6.66. The molecule has 1 N–H and O–H groups in total. The molecule has 2 aromatic carbocycles. The molecule has 4 heteroatoms. The lowest BCUT2D eigenvalue weighted by molar-refractivity contribution is 0.194. The van der Waals surface area contributed by atoms with E-state index in [2.05, 4.69) is 48.3 Å². The Balaban J connectivity index is 2.13. The van der Waals surface area contributed by atoms with E-state index in [9.17, 15) is 0 Å². The molecule has 1 saturated heterocycles. The van der Waals surface area contributed by atoms with Crippen LogP contribution < -0.4 is 14.8 Å². The minimum atomic E-state index is 0.160. The number of nitrogens with one attached hydrogen (secondary N) is 1. The third kappa shape index (κ3) is 3.80. The van der Waals surface area contributed by atoms with Gasteiger partial charge in [-0.3, -0.25) is 4.90 Å². The second kappa shape index (κ2) is 7.89. The molecule has 134 valence electrons. The number of benzene rings is 2. The van der Waals surface area contributed by atoms with E-state index in [1.54, 1.807) is 14.2 Å². The number of methoxy groups -OCH3 is 2. The first kappa shape index (κ1) is 17.8. The molecule has 1 fully saturated rings. The van der Waals surface area contributed by atoms with Gasteiger partial charge in [0, 0.05) is 31.7 Å². The van der Waals surface area contributed by atoms with Gasteiger partial charge in [0.05, 0.1) is 20.3 Å². The minimum Gasteiger partial charge on any atom is -0.497 e. The van der Waals surface area contributed by atoms with Gasteiger partial charge in [-0.15, -0.1) is 0 Å². The van der Waals surface area contributed by atoms with E-state index >= 15 is 0 Å². The van der Waals surface area contributed by atoms with Gasteiger partial charge in [0.1, 0.15) is 11.5 Å². The van der Waals surface area contributed by atoms with Crippen molar-refractivity contribution in [3.8, 4) is 11.5 Å². The van der Waals surface area contributed by atoms with Gasteiger partial charge < -0.3 is 14.8 Å². The van der Waals surface area contributed by atoms with E-state index in [1.165, 1.54) is 16.7 Å². The number of hydrogen-bond acceptors (Lipinski definition) is 4. The summed E-state index contributed by atoms with van der Waals surface area (Å²) in [4.78, 5) is 2.53. The highest BCUT2D eigenvalue weighted by Gasteiger charge is 2.28. The molecule has 0 radical (unpaired) electrons. The smallest absolute Gasteiger partial charge is 0.124 e. The van der Waals surface area contributed by atoms with Crippen LogP contribution in [0.5, 0.6) is 11.5 Å². The van der Waals surface area contributed by atoms with Crippen LogP contribution in [0.2, 0.25) is 0 Å². The van der Waals surface area contributed by atoms with Crippen LogP contribution in [0.1, 0.15) is 28.3 Å². The molecule has 0 aliphatic carbocycles. The Bertz CT molecular complexity index is 724. The topological polar surface area (TPSA) is 33.7 Å². The van der Waals surface area contributed by atoms with Gasteiger partial charge >= 0.3 is 0 Å². The monoisotopic (exact) mass is 340 g/mol. The van der Waals surface area contributed by atoms with E-state index < -0.39 is 0 Å². The van der Waals surface area contributed by atoms with Crippen molar-refractivity contribution >= 4 is 0 Å². The Morgan fingerprint density at radius 1 is 0.920 bits per heavy atom. The second-order valence-electron chi connectivity index (χ2n) is 6.66. The van der Waals surface area contributed by atoms with Crippen LogP contribution in [-0.2, 0) is 0 Å². The quantitative estimate of drug-likeness (QED) is 0.905. The van der Waals surface area contributed by atoms with Gasteiger partial charge in [-0.25, -0.2) is 0 Å². The lowest BCUT2D eigenvalue weighted by Gasteiger charge is -2.37. The standard InChI is InChI=1S/C21H28N2O2/c1-15-5-7-18(16(2)13-15)21(23-11-9-22-10-12-23)19-14-17(24-3)6-8-20(19)25-4/h5-8,13-14,21-22H,9-12H2,1-4H3. The van der Waals surface area contributed by atoms with Gasteiger partial charge in [-0.05, 0) is 43.2 Å². The molecule has 25 heavy (non-hydrogen) atoms. The van der Waals surface area contributed by atoms with Gasteiger partial charge in [0.25, 0.3) is 0 Å². The lowest BCUT2D eigenvalue weighted by Crippen LogP contribution is -2.45. The van der Waals surface area contributed by atoms with Crippen LogP contribution in [0.4, 0.5) is 0 Å². The number of ether oxygens (including phenoxy) is 2. The van der Waals surface area contributed by atoms with Crippen LogP contribution in [0.25, 0.3) is 0 Å². The van der Waals surface area contributed by atoms with Gasteiger partial charge in [0.15, 0.2) is 0 Å². The Morgan fingerprint density at radius 3 is 2.32 bits per heavy atom. The summed E-state index contributed by atoms with van der Waals surface area (Å²) in [5.41, 5.74) is 5.10. The average Bonchev–Trinajstić information content (AvgIpc) is 2.64. The van der Waals surface area contributed by atoms with E-state index in [-0.39, 0.29) is 6.04 Å². The van der Waals surface area contributed by atoms with Crippen molar-refractivity contribution in [2.75, 3.05) is 40.4 Å². The van der Waals surface area contributed by atoms with Crippen molar-refractivity contribution in [3.05, 3.63) is 58.7 Å². The normalized spacial score (nSPS) is 16.5. The Labute approximate surface area is 150 Å². The van der Waals surface area contributed by atoms with Crippen molar-refractivity contribution in [2.24, 2.45) is 0 Å². The molecule has 1 unspecified atom stereocenters. The summed E-state index contributed by atoms with van der Waals surface area (Å²) in [5, 5.41) is 3.45. The lowest BCUT2D eigenvalue weighted by atomic mass is 9.91. The fraction of sp³-hybridized carbons (Fsp3) is 0.429. The number of aryl methyl sites for hydroxylation is 2. The summed E-state index contributed by atoms with van der Waals surface area (Å²) in [6.45, 7) is 8.38. The van der Waals surface area contributed by atoms with Gasteiger partial charge in [-0.1, -0.05) is 23.8 Å². The third-order valence-electron chi connectivity index (χ3n) is 4.97. The summed E-state index contributed by atoms with van der Waals surface area (Å²) in [5.74, 6) is 1.77. The SMILES string of the molecule is COc1ccc(OC)c(C(c2ccc(C)cc2C)N2CCNCC2)c1. The maximum Gasteiger partial charge on any atom is 0.124 e. The third-order valence-corrected chi connectivity index (χ3v) is 4.97. The summed E-state index contributed by atoms with van der Waals surface area (Å²) >= 11 is 0. The van der Waals surface area contributed by atoms with Gasteiger partial charge in [-0.2, -0.15) is 0 Å². The molecule has 2 aromatic rings. The Morgan fingerprint density at radius 2 is 1.68 bits per heavy atom. The van der Waals surface area contributed by atoms with Crippen LogP contribution in [0.3, 0.4) is 0 Å². The highest BCUT2D eigenvalue weighted by Crippen LogP contribution is 2.38. The molecule has 1 aliphatic heterocycles. The Hall–Kier alpha value is -2.04. The molecule has 0 amide bonds. The van der Waals surface area contributed by atoms with Crippen molar-refractivity contribution in [1.29, 1.82) is 0 Å². The molecule has 1 aliphatic rings. The minimum absolute atomic E-state index is 0.160. The first-order valence-corrected chi connectivity index (χ1v) is 8.88. The fourth-order valence-electron chi connectivity index (χ4n) is 3.69. The maximum absolute atomic E-state index is 5.70. The van der Waals surface area contributed by atoms with E-state index in [0.29, 0.717) is 0 Å². The largest absolute Gasteiger partial charge is 0.497 e. The number of hydrogen-bond donors (Lipinski definition) is 1. The molecular formula is C21H28N2O2. The Kier molecular flexibility index (Phi) is 5.61. The zero-order valence-corrected chi connectivity index (χ0v) is 15.6. The van der Waals surface area contributed by atoms with Crippen LogP contribution in [-0.4, -0.2) is 45.3 Å². The molecule has 0 bridgehead atoms. The first-order valence-electron chi connectivity index (χ1n) is 8.88. The van der Waals surface area contributed by atoms with E-state index in [1.807, 2.05) is 12.1 Å². The predicted molar refractivity (Wildman–Crippen MR) is 102 cm³/mol. The summed E-state index contributed by atoms with van der Waals surface area (Å²) < 4.78 is 11.2. The van der Waals surface area contributed by atoms with E-state index in [0.717, 1.165) is 43.2 Å². The molecule has 0 spiro atoms. The average molecular weight is 340 g/mol. The summed E-state index contributed by atoms with van der Waals surface area (Å²) in [6, 6.07) is 13.0. The number of piperazine rings is 1. The number of rotatable bonds is 5. The fourth-order valence-corrected chi connectivity index (χ4v) is 3.69. The number of nitrogens with zero attached hydrogens (tertiary/aromatic N) is 1. The van der Waals surface area contributed by atoms with E-state index in [4.69, 9.17) is 9.47 Å². The molecule has 0 saturated carbocycles. The summed E-state index contributed by atoms with van der Waals surface area (Å²) in [6.07, 6.45) is 0. The molecular weight excluding hydrogens is 312 g/mol. The van der Waals surface area contributed by atoms with Crippen molar-refractivity contribution in [3.63, 3.8) is 0 Å². The highest BCUT2D eigenvalue weighted by atomic mass is 16.5. The molecule has 1 heterocycles. The molecule has 3 rings (SSSR count). The molecule has 4 nitrogen and oxygen atoms in total. The zero-order chi connectivity index (χ0) is 17.8. The van der Waals surface area contributed by atoms with Crippen LogP contribution >= 0.6 is 0 Å². The van der Waals surface area contributed by atoms with Crippen LogP contribution in [0, 0.1) is 13.8 Å². The molecule has 0 aromatic heterocycles. The van der Waals surface area contributed by atoms with Crippen molar-refractivity contribution in [2.45, 2.75) is 19.9 Å². The van der Waals surface area contributed by atoms with Crippen molar-refractivity contribution in [1.82, 2.24) is 10.2 Å². The van der Waals surface area contributed by atoms with Crippen LogP contribution in [0.15, 0.2) is 36.4 Å². The zero-order valence-electron chi connectivity index (χ0n) is 15.6. The first-order chi connectivity index (χ1) is 12.1. The summed E-state index contributed by atoms with van der Waals surface area (Å²) in [7, 11) is 3.45. The van der Waals surface area contributed by atoms with Gasteiger partial charge in [0.2, 0.25) is 0 Å². The highest BCUT2D eigenvalue weighted by molar-refractivity contribution is 5.48. The van der Waals surface area contributed by atoms with Crippen molar-refractivity contribution < 1.29 is 9.47 Å². The molecule has 1 atom stereocenters.